The van der Waals surface area contributed by atoms with E-state index >= 15 is 0 Å². The maximum absolute atomic E-state index is 12.7. The molecule has 2 amide bonds. The molecule has 0 atom stereocenters. The average Bonchev–Trinajstić information content (AvgIpc) is 2.60. The van der Waals surface area contributed by atoms with Crippen LogP contribution in [0.15, 0.2) is 18.2 Å². The third-order valence-electron chi connectivity index (χ3n) is 4.97. The van der Waals surface area contributed by atoms with Crippen molar-refractivity contribution < 1.29 is 9.59 Å². The molecular formula is C19H26N2O2. The van der Waals surface area contributed by atoms with E-state index in [0.717, 1.165) is 18.4 Å². The van der Waals surface area contributed by atoms with Gasteiger partial charge in [0.1, 0.15) is 0 Å². The van der Waals surface area contributed by atoms with Crippen LogP contribution >= 0.6 is 0 Å². The number of carbonyl (C=O) groups is 2. The maximum Gasteiger partial charge on any atom is 0.253 e. The molecule has 4 heteroatoms. The number of piperazine rings is 1. The molecule has 0 spiro atoms. The van der Waals surface area contributed by atoms with Crippen molar-refractivity contribution in [2.45, 2.75) is 39.5 Å². The molecule has 1 fully saturated rings. The number of hydrogen-bond acceptors (Lipinski definition) is 2. The summed E-state index contributed by atoms with van der Waals surface area (Å²) in [6.45, 7) is 6.41. The lowest BCUT2D eigenvalue weighted by Gasteiger charge is -2.35. The molecule has 3 rings (SSSR count). The van der Waals surface area contributed by atoms with Gasteiger partial charge in [0.15, 0.2) is 0 Å². The van der Waals surface area contributed by atoms with Crippen LogP contribution in [-0.4, -0.2) is 47.8 Å². The van der Waals surface area contributed by atoms with Crippen LogP contribution in [0, 0.1) is 5.92 Å². The monoisotopic (exact) mass is 314 g/mol. The minimum Gasteiger partial charge on any atom is -0.339 e. The van der Waals surface area contributed by atoms with E-state index in [1.807, 2.05) is 29.7 Å². The lowest BCUT2D eigenvalue weighted by molar-refractivity contribution is -0.135. The summed E-state index contributed by atoms with van der Waals surface area (Å²) < 4.78 is 0. The minimum absolute atomic E-state index is 0.0258. The quantitative estimate of drug-likeness (QED) is 0.841. The van der Waals surface area contributed by atoms with Gasteiger partial charge in [0, 0.05) is 37.7 Å². The fourth-order valence-electron chi connectivity index (χ4n) is 3.54. The van der Waals surface area contributed by atoms with Crippen molar-refractivity contribution in [3.05, 3.63) is 34.9 Å². The second-order valence-corrected chi connectivity index (χ2v) is 6.96. The Balaban J connectivity index is 1.64. The van der Waals surface area contributed by atoms with Crippen LogP contribution in [0.3, 0.4) is 0 Å². The molecule has 1 aliphatic heterocycles. The largest absolute Gasteiger partial charge is 0.339 e. The molecule has 124 valence electrons. The first-order valence-electron chi connectivity index (χ1n) is 8.76. The average molecular weight is 314 g/mol. The van der Waals surface area contributed by atoms with Gasteiger partial charge in [-0.05, 0) is 48.9 Å². The Kier molecular flexibility index (Phi) is 4.69. The van der Waals surface area contributed by atoms with Crippen molar-refractivity contribution in [2.75, 3.05) is 26.2 Å². The first-order valence-corrected chi connectivity index (χ1v) is 8.76. The van der Waals surface area contributed by atoms with Gasteiger partial charge in [-0.1, -0.05) is 19.9 Å². The topological polar surface area (TPSA) is 40.6 Å². The fraction of sp³-hybridized carbons (Fsp3) is 0.579. The Morgan fingerprint density at radius 1 is 0.913 bits per heavy atom. The van der Waals surface area contributed by atoms with E-state index < -0.39 is 0 Å². The molecule has 1 saturated heterocycles. The van der Waals surface area contributed by atoms with E-state index in [9.17, 15) is 9.59 Å². The zero-order chi connectivity index (χ0) is 16.4. The van der Waals surface area contributed by atoms with Crippen molar-refractivity contribution in [3.8, 4) is 0 Å². The molecule has 4 nitrogen and oxygen atoms in total. The Bertz CT molecular complexity index is 601. The molecule has 0 unspecified atom stereocenters. The van der Waals surface area contributed by atoms with E-state index in [-0.39, 0.29) is 17.7 Å². The minimum atomic E-state index is 0.0258. The highest BCUT2D eigenvalue weighted by molar-refractivity contribution is 5.94. The molecule has 1 heterocycles. The van der Waals surface area contributed by atoms with Gasteiger partial charge in [0.25, 0.3) is 5.91 Å². The fourth-order valence-corrected chi connectivity index (χ4v) is 3.54. The number of nitrogens with zero attached hydrogens (tertiary/aromatic N) is 2. The van der Waals surface area contributed by atoms with Gasteiger partial charge in [-0.2, -0.15) is 0 Å². The van der Waals surface area contributed by atoms with E-state index in [1.54, 1.807) is 0 Å². The van der Waals surface area contributed by atoms with Crippen LogP contribution in [0.5, 0.6) is 0 Å². The maximum atomic E-state index is 12.7. The Morgan fingerprint density at radius 2 is 1.52 bits per heavy atom. The molecule has 1 aromatic carbocycles. The van der Waals surface area contributed by atoms with Crippen LogP contribution in [0.2, 0.25) is 0 Å². The highest BCUT2D eigenvalue weighted by Crippen LogP contribution is 2.23. The molecule has 1 aliphatic carbocycles. The SMILES string of the molecule is CC(C)C(=O)N1CCN(C(=O)c2ccc3c(c2)CCCC3)CC1. The molecule has 2 aliphatic rings. The predicted octanol–water partition coefficient (Wildman–Crippen LogP) is 2.51. The zero-order valence-corrected chi connectivity index (χ0v) is 14.2. The molecular weight excluding hydrogens is 288 g/mol. The number of benzene rings is 1. The summed E-state index contributed by atoms with van der Waals surface area (Å²) in [7, 11) is 0. The summed E-state index contributed by atoms with van der Waals surface area (Å²) in [4.78, 5) is 28.5. The predicted molar refractivity (Wildman–Crippen MR) is 90.4 cm³/mol. The highest BCUT2D eigenvalue weighted by Gasteiger charge is 2.26. The normalized spacial score (nSPS) is 18.0. The van der Waals surface area contributed by atoms with E-state index in [2.05, 4.69) is 12.1 Å². The van der Waals surface area contributed by atoms with Crippen molar-refractivity contribution in [3.63, 3.8) is 0 Å². The zero-order valence-electron chi connectivity index (χ0n) is 14.2. The van der Waals surface area contributed by atoms with Crippen LogP contribution < -0.4 is 0 Å². The lowest BCUT2D eigenvalue weighted by Crippen LogP contribution is -2.51. The van der Waals surface area contributed by atoms with Crippen LogP contribution in [0.25, 0.3) is 0 Å². The van der Waals surface area contributed by atoms with Gasteiger partial charge in [-0.3, -0.25) is 9.59 Å². The molecule has 0 N–H and O–H groups in total. The van der Waals surface area contributed by atoms with E-state index in [0.29, 0.717) is 26.2 Å². The number of rotatable bonds is 2. The summed E-state index contributed by atoms with van der Waals surface area (Å²) in [5, 5.41) is 0. The number of aryl methyl sites for hydroxylation is 2. The first-order chi connectivity index (χ1) is 11.1. The van der Waals surface area contributed by atoms with Gasteiger partial charge in [-0.25, -0.2) is 0 Å². The lowest BCUT2D eigenvalue weighted by atomic mass is 9.90. The Morgan fingerprint density at radius 3 is 2.17 bits per heavy atom. The summed E-state index contributed by atoms with van der Waals surface area (Å²) in [5.74, 6) is 0.318. The van der Waals surface area contributed by atoms with Gasteiger partial charge in [0.05, 0.1) is 0 Å². The molecule has 23 heavy (non-hydrogen) atoms. The van der Waals surface area contributed by atoms with Crippen molar-refractivity contribution >= 4 is 11.8 Å². The van der Waals surface area contributed by atoms with E-state index in [1.165, 1.54) is 24.0 Å². The molecule has 0 aromatic heterocycles. The molecule has 0 saturated carbocycles. The number of amides is 2. The molecule has 1 aromatic rings. The van der Waals surface area contributed by atoms with Gasteiger partial charge >= 0.3 is 0 Å². The second-order valence-electron chi connectivity index (χ2n) is 6.96. The first kappa shape index (κ1) is 16.0. The van der Waals surface area contributed by atoms with Gasteiger partial charge in [0.2, 0.25) is 5.91 Å². The van der Waals surface area contributed by atoms with Gasteiger partial charge in [-0.15, -0.1) is 0 Å². The van der Waals surface area contributed by atoms with E-state index in [4.69, 9.17) is 0 Å². The Hall–Kier alpha value is -1.84. The number of fused-ring (bicyclic) bond motifs is 1. The third-order valence-corrected chi connectivity index (χ3v) is 4.97. The number of carbonyl (C=O) groups excluding carboxylic acids is 2. The van der Waals surface area contributed by atoms with Crippen LogP contribution in [0.1, 0.15) is 48.2 Å². The van der Waals surface area contributed by atoms with Crippen molar-refractivity contribution in [2.24, 2.45) is 5.92 Å². The molecule has 0 radical (unpaired) electrons. The Labute approximate surface area is 138 Å². The summed E-state index contributed by atoms with van der Waals surface area (Å²) >= 11 is 0. The summed E-state index contributed by atoms with van der Waals surface area (Å²) in [6, 6.07) is 6.18. The van der Waals surface area contributed by atoms with Crippen LogP contribution in [-0.2, 0) is 17.6 Å². The standard InChI is InChI=1S/C19H26N2O2/c1-14(2)18(22)20-9-11-21(12-10-20)19(23)17-8-7-15-5-3-4-6-16(15)13-17/h7-8,13-14H,3-6,9-12H2,1-2H3. The summed E-state index contributed by atoms with van der Waals surface area (Å²) in [6.07, 6.45) is 4.71. The highest BCUT2D eigenvalue weighted by atomic mass is 16.2. The van der Waals surface area contributed by atoms with Crippen molar-refractivity contribution in [1.29, 1.82) is 0 Å². The third kappa shape index (κ3) is 3.41. The number of hydrogen-bond donors (Lipinski definition) is 0. The summed E-state index contributed by atoms with van der Waals surface area (Å²) in [5.41, 5.74) is 3.55. The van der Waals surface area contributed by atoms with Crippen LogP contribution in [0.4, 0.5) is 0 Å². The molecule has 0 bridgehead atoms. The second kappa shape index (κ2) is 6.73. The smallest absolute Gasteiger partial charge is 0.253 e. The van der Waals surface area contributed by atoms with Crippen molar-refractivity contribution in [1.82, 2.24) is 9.80 Å². The van der Waals surface area contributed by atoms with Gasteiger partial charge < -0.3 is 9.80 Å².